The van der Waals surface area contributed by atoms with Crippen molar-refractivity contribution in [3.8, 4) is 0 Å². The van der Waals surface area contributed by atoms with Crippen molar-refractivity contribution in [2.45, 2.75) is 26.7 Å². The molecule has 0 saturated carbocycles. The maximum absolute atomic E-state index is 11.8. The Morgan fingerprint density at radius 1 is 1.25 bits per heavy atom. The molecule has 0 aromatic heterocycles. The Morgan fingerprint density at radius 2 is 1.81 bits per heavy atom. The van der Waals surface area contributed by atoms with Gasteiger partial charge in [0.05, 0.1) is 0 Å². The van der Waals surface area contributed by atoms with E-state index in [1.165, 1.54) is 0 Å². The predicted octanol–water partition coefficient (Wildman–Crippen LogP) is 3.03. The monoisotopic (exact) mass is 218 g/mol. The number of hydrogen-bond acceptors (Lipinski definition) is 1. The van der Waals surface area contributed by atoms with Crippen LogP contribution in [0.5, 0.6) is 0 Å². The highest BCUT2D eigenvalue weighted by molar-refractivity contribution is 5.94. The Kier molecular flexibility index (Phi) is 5.03. The first-order valence-electron chi connectivity index (χ1n) is 5.87. The third-order valence-electron chi connectivity index (χ3n) is 2.92. The molecule has 0 saturated heterocycles. The minimum absolute atomic E-state index is 0.00639. The highest BCUT2D eigenvalue weighted by Crippen LogP contribution is 2.07. The van der Waals surface area contributed by atoms with Gasteiger partial charge in [0.1, 0.15) is 0 Å². The number of benzene rings is 1. The minimum atomic E-state index is 0.00639. The van der Waals surface area contributed by atoms with Crippen molar-refractivity contribution >= 4 is 5.91 Å². The zero-order valence-corrected chi connectivity index (χ0v) is 10.1. The van der Waals surface area contributed by atoms with Gasteiger partial charge in [-0.3, -0.25) is 4.79 Å². The fourth-order valence-electron chi connectivity index (χ4n) is 1.57. The van der Waals surface area contributed by atoms with E-state index in [9.17, 15) is 4.79 Å². The van der Waals surface area contributed by atoms with Crippen molar-refractivity contribution in [2.75, 3.05) is 6.54 Å². The molecule has 0 heterocycles. The number of amides is 1. The number of carbonyl (C=O) groups is 1. The second-order valence-corrected chi connectivity index (χ2v) is 4.09. The molecule has 0 aliphatic heterocycles. The Hall–Kier alpha value is -1.31. The highest BCUT2D eigenvalue weighted by Gasteiger charge is 2.07. The van der Waals surface area contributed by atoms with Crippen LogP contribution < -0.4 is 5.32 Å². The lowest BCUT2D eigenvalue weighted by Crippen LogP contribution is -2.28. The number of rotatable bonds is 5. The van der Waals surface area contributed by atoms with Crippen LogP contribution in [0.1, 0.15) is 42.6 Å². The van der Waals surface area contributed by atoms with Crippen LogP contribution in [-0.4, -0.2) is 12.5 Å². The van der Waals surface area contributed by atoms with E-state index in [1.54, 1.807) is 0 Å². The summed E-state index contributed by atoms with van der Waals surface area (Å²) in [6, 6.07) is 7.33. The van der Waals surface area contributed by atoms with E-state index in [4.69, 9.17) is 0 Å². The summed E-state index contributed by atoms with van der Waals surface area (Å²) in [5.74, 6) is 0.586. The first-order valence-corrected chi connectivity index (χ1v) is 5.87. The van der Waals surface area contributed by atoms with E-state index >= 15 is 0 Å². The van der Waals surface area contributed by atoms with Crippen LogP contribution in [0, 0.1) is 12.8 Å². The van der Waals surface area contributed by atoms with Crippen LogP contribution in [0.4, 0.5) is 0 Å². The van der Waals surface area contributed by atoms with Gasteiger partial charge < -0.3 is 5.32 Å². The summed E-state index contributed by atoms with van der Waals surface area (Å²) in [6.45, 7) is 8.85. The van der Waals surface area contributed by atoms with Gasteiger partial charge in [-0.2, -0.15) is 0 Å². The SMILES string of the molecule is [CH2]c1ccc(C(=O)NCC(CC)CC)cc1. The predicted molar refractivity (Wildman–Crippen MR) is 67.3 cm³/mol. The van der Waals surface area contributed by atoms with Crippen molar-refractivity contribution in [1.29, 1.82) is 0 Å². The van der Waals surface area contributed by atoms with Gasteiger partial charge in [-0.05, 0) is 30.5 Å². The molecule has 0 aliphatic carbocycles. The fraction of sp³-hybridized carbons (Fsp3) is 0.429. The van der Waals surface area contributed by atoms with Crippen molar-refractivity contribution < 1.29 is 4.79 Å². The summed E-state index contributed by atoms with van der Waals surface area (Å²) in [4.78, 5) is 11.8. The molecule has 0 fully saturated rings. The van der Waals surface area contributed by atoms with Crippen LogP contribution in [-0.2, 0) is 0 Å². The van der Waals surface area contributed by atoms with Gasteiger partial charge in [0.25, 0.3) is 5.91 Å². The molecule has 87 valence electrons. The highest BCUT2D eigenvalue weighted by atomic mass is 16.1. The maximum atomic E-state index is 11.8. The summed E-state index contributed by atoms with van der Waals surface area (Å²) in [7, 11) is 0. The maximum Gasteiger partial charge on any atom is 0.251 e. The van der Waals surface area contributed by atoms with Gasteiger partial charge >= 0.3 is 0 Å². The average molecular weight is 218 g/mol. The molecule has 1 aromatic rings. The zero-order chi connectivity index (χ0) is 12.0. The normalized spacial score (nSPS) is 10.5. The molecule has 1 aromatic carbocycles. The second-order valence-electron chi connectivity index (χ2n) is 4.09. The quantitative estimate of drug-likeness (QED) is 0.808. The Balaban J connectivity index is 2.49. The topological polar surface area (TPSA) is 29.1 Å². The smallest absolute Gasteiger partial charge is 0.251 e. The average Bonchev–Trinajstić information content (AvgIpc) is 2.31. The fourth-order valence-corrected chi connectivity index (χ4v) is 1.57. The van der Waals surface area contributed by atoms with E-state index < -0.39 is 0 Å². The molecule has 0 spiro atoms. The molecular weight excluding hydrogens is 198 g/mol. The molecule has 1 rings (SSSR count). The lowest BCUT2D eigenvalue weighted by atomic mass is 10.0. The Bertz CT molecular complexity index is 325. The van der Waals surface area contributed by atoms with Gasteiger partial charge in [-0.25, -0.2) is 0 Å². The molecule has 0 aliphatic rings. The van der Waals surface area contributed by atoms with Gasteiger partial charge in [-0.1, -0.05) is 38.8 Å². The molecule has 0 bridgehead atoms. The zero-order valence-electron chi connectivity index (χ0n) is 10.1. The van der Waals surface area contributed by atoms with Crippen LogP contribution in [0.25, 0.3) is 0 Å². The number of carbonyl (C=O) groups excluding carboxylic acids is 1. The van der Waals surface area contributed by atoms with Crippen LogP contribution in [0.2, 0.25) is 0 Å². The number of hydrogen-bond donors (Lipinski definition) is 1. The molecule has 0 unspecified atom stereocenters. The van der Waals surface area contributed by atoms with E-state index in [-0.39, 0.29) is 5.91 Å². The van der Waals surface area contributed by atoms with Crippen molar-refractivity contribution in [1.82, 2.24) is 5.32 Å². The third kappa shape index (κ3) is 3.69. The lowest BCUT2D eigenvalue weighted by molar-refractivity contribution is 0.0946. The molecule has 1 radical (unpaired) electrons. The van der Waals surface area contributed by atoms with E-state index in [0.29, 0.717) is 11.5 Å². The molecular formula is C14H20NO. The molecule has 1 N–H and O–H groups in total. The van der Waals surface area contributed by atoms with E-state index in [1.807, 2.05) is 24.3 Å². The van der Waals surface area contributed by atoms with Gasteiger partial charge in [-0.15, -0.1) is 0 Å². The molecule has 2 nitrogen and oxygen atoms in total. The van der Waals surface area contributed by atoms with Crippen molar-refractivity contribution in [3.63, 3.8) is 0 Å². The molecule has 16 heavy (non-hydrogen) atoms. The molecule has 0 atom stereocenters. The first-order chi connectivity index (χ1) is 7.67. The van der Waals surface area contributed by atoms with Crippen LogP contribution in [0.15, 0.2) is 24.3 Å². The second kappa shape index (κ2) is 6.31. The summed E-state index contributed by atoms with van der Waals surface area (Å²) >= 11 is 0. The lowest BCUT2D eigenvalue weighted by Gasteiger charge is -2.13. The standard InChI is InChI=1S/C14H20NO/c1-4-12(5-2)10-15-14(16)13-8-6-11(3)7-9-13/h6-9,12H,3-5,10H2,1-2H3,(H,15,16). The van der Waals surface area contributed by atoms with E-state index in [2.05, 4.69) is 26.1 Å². The molecule has 1 amide bonds. The Morgan fingerprint density at radius 3 is 2.31 bits per heavy atom. The first kappa shape index (κ1) is 12.8. The van der Waals surface area contributed by atoms with Crippen molar-refractivity contribution in [2.24, 2.45) is 5.92 Å². The third-order valence-corrected chi connectivity index (χ3v) is 2.92. The van der Waals surface area contributed by atoms with E-state index in [0.717, 1.165) is 24.9 Å². The molecule has 2 heteroatoms. The van der Waals surface area contributed by atoms with Crippen molar-refractivity contribution in [3.05, 3.63) is 42.3 Å². The largest absolute Gasteiger partial charge is 0.352 e. The van der Waals surface area contributed by atoms with Crippen LogP contribution in [0.3, 0.4) is 0 Å². The van der Waals surface area contributed by atoms with Gasteiger partial charge in [0.15, 0.2) is 0 Å². The van der Waals surface area contributed by atoms with Gasteiger partial charge in [0.2, 0.25) is 0 Å². The summed E-state index contributed by atoms with van der Waals surface area (Å²) in [5.41, 5.74) is 1.63. The Labute approximate surface area is 98.1 Å². The number of nitrogens with one attached hydrogen (secondary N) is 1. The summed E-state index contributed by atoms with van der Waals surface area (Å²) < 4.78 is 0. The van der Waals surface area contributed by atoms with Gasteiger partial charge in [0, 0.05) is 12.1 Å². The minimum Gasteiger partial charge on any atom is -0.352 e. The van der Waals surface area contributed by atoms with Crippen LogP contribution >= 0.6 is 0 Å². The summed E-state index contributed by atoms with van der Waals surface area (Å²) in [5, 5.41) is 2.96. The summed E-state index contributed by atoms with van der Waals surface area (Å²) in [6.07, 6.45) is 2.21.